The van der Waals surface area contributed by atoms with Crippen molar-refractivity contribution in [2.24, 2.45) is 0 Å². The Hall–Kier alpha value is -0.160. The standard InChI is InChI=1S/C13H10S4/c14-12-13(15)17-11-7-9-5-3-1-2-4-8(9)6-10(11)16-12/h1-4,6-7,14-15H,5H2. The van der Waals surface area contributed by atoms with Crippen molar-refractivity contribution in [3.05, 3.63) is 50.0 Å². The summed E-state index contributed by atoms with van der Waals surface area (Å²) in [7, 11) is 0. The first-order chi connectivity index (χ1) is 8.24. The van der Waals surface area contributed by atoms with Gasteiger partial charge in [-0.25, -0.2) is 0 Å². The highest BCUT2D eigenvalue weighted by Gasteiger charge is 2.17. The van der Waals surface area contributed by atoms with E-state index in [1.54, 1.807) is 23.5 Å². The Morgan fingerprint density at radius 3 is 2.41 bits per heavy atom. The summed E-state index contributed by atoms with van der Waals surface area (Å²) < 4.78 is 1.98. The van der Waals surface area contributed by atoms with Gasteiger partial charge in [0.1, 0.15) is 0 Å². The quantitative estimate of drug-likeness (QED) is 0.647. The van der Waals surface area contributed by atoms with Crippen molar-refractivity contribution in [3.8, 4) is 0 Å². The second-order valence-electron chi connectivity index (χ2n) is 3.80. The SMILES string of the molecule is SC1=C(S)Sc2cc3c(cc2S1)C=CC=CC3. The Kier molecular flexibility index (Phi) is 3.39. The highest BCUT2D eigenvalue weighted by atomic mass is 32.2. The third-order valence-electron chi connectivity index (χ3n) is 2.66. The van der Waals surface area contributed by atoms with Crippen molar-refractivity contribution in [2.75, 3.05) is 0 Å². The zero-order valence-corrected chi connectivity index (χ0v) is 12.3. The molecule has 17 heavy (non-hydrogen) atoms. The number of hydrogen-bond donors (Lipinski definition) is 2. The van der Waals surface area contributed by atoms with Crippen LogP contribution in [0.2, 0.25) is 0 Å². The van der Waals surface area contributed by atoms with Gasteiger partial charge in [0.05, 0.1) is 8.47 Å². The summed E-state index contributed by atoms with van der Waals surface area (Å²) in [5.41, 5.74) is 2.69. The maximum absolute atomic E-state index is 4.45. The van der Waals surface area contributed by atoms with Crippen LogP contribution in [0.3, 0.4) is 0 Å². The summed E-state index contributed by atoms with van der Waals surface area (Å²) in [6, 6.07) is 4.53. The molecule has 0 radical (unpaired) electrons. The number of benzene rings is 1. The first-order valence-electron chi connectivity index (χ1n) is 5.22. The fraction of sp³-hybridized carbons (Fsp3) is 0.0769. The molecule has 0 fully saturated rings. The maximum atomic E-state index is 4.45. The fourth-order valence-electron chi connectivity index (χ4n) is 1.84. The molecular weight excluding hydrogens is 284 g/mol. The molecule has 0 nitrogen and oxygen atoms in total. The minimum absolute atomic E-state index is 0.988. The Balaban J connectivity index is 2.09. The average molecular weight is 294 g/mol. The second-order valence-corrected chi connectivity index (χ2v) is 7.41. The van der Waals surface area contributed by atoms with Crippen molar-refractivity contribution in [2.45, 2.75) is 16.2 Å². The molecule has 2 aliphatic rings. The molecule has 0 amide bonds. The number of thiol groups is 2. The van der Waals surface area contributed by atoms with Crippen LogP contribution in [0, 0.1) is 0 Å². The van der Waals surface area contributed by atoms with E-state index in [1.807, 2.05) is 0 Å². The van der Waals surface area contributed by atoms with Crippen molar-refractivity contribution in [1.29, 1.82) is 0 Å². The van der Waals surface area contributed by atoms with Crippen LogP contribution in [-0.2, 0) is 6.42 Å². The topological polar surface area (TPSA) is 0 Å². The predicted molar refractivity (Wildman–Crippen MR) is 85.0 cm³/mol. The van der Waals surface area contributed by atoms with Crippen LogP contribution in [-0.4, -0.2) is 0 Å². The van der Waals surface area contributed by atoms with Crippen LogP contribution < -0.4 is 0 Å². The first-order valence-corrected chi connectivity index (χ1v) is 7.75. The monoisotopic (exact) mass is 294 g/mol. The van der Waals surface area contributed by atoms with Crippen LogP contribution in [0.1, 0.15) is 11.1 Å². The van der Waals surface area contributed by atoms with Gasteiger partial charge in [0, 0.05) is 9.79 Å². The number of thioether (sulfide) groups is 2. The molecule has 0 unspecified atom stereocenters. The number of hydrogen-bond acceptors (Lipinski definition) is 4. The van der Waals surface area contributed by atoms with E-state index < -0.39 is 0 Å². The molecule has 0 N–H and O–H groups in total. The van der Waals surface area contributed by atoms with E-state index in [1.165, 1.54) is 20.9 Å². The Morgan fingerprint density at radius 2 is 1.65 bits per heavy atom. The third-order valence-corrected chi connectivity index (χ3v) is 6.31. The van der Waals surface area contributed by atoms with Crippen LogP contribution in [0.25, 0.3) is 6.08 Å². The van der Waals surface area contributed by atoms with E-state index >= 15 is 0 Å². The zero-order valence-electron chi connectivity index (χ0n) is 8.88. The Morgan fingerprint density at radius 1 is 0.941 bits per heavy atom. The molecule has 0 bridgehead atoms. The van der Waals surface area contributed by atoms with E-state index in [-0.39, 0.29) is 0 Å². The largest absolute Gasteiger partial charge is 0.135 e. The summed E-state index contributed by atoms with van der Waals surface area (Å²) in [6.45, 7) is 0. The molecule has 1 aliphatic carbocycles. The molecule has 3 rings (SSSR count). The third kappa shape index (κ3) is 2.36. The molecule has 0 spiro atoms. The minimum Gasteiger partial charge on any atom is -0.135 e. The lowest BCUT2D eigenvalue weighted by atomic mass is 10.1. The zero-order chi connectivity index (χ0) is 11.8. The van der Waals surface area contributed by atoms with Crippen molar-refractivity contribution >= 4 is 54.9 Å². The smallest absolute Gasteiger partial charge is 0.0621 e. The van der Waals surface area contributed by atoms with Gasteiger partial charge in [0.2, 0.25) is 0 Å². The number of rotatable bonds is 0. The molecule has 1 aromatic carbocycles. The fourth-order valence-corrected chi connectivity index (χ4v) is 4.50. The van der Waals surface area contributed by atoms with E-state index in [4.69, 9.17) is 0 Å². The molecule has 1 heterocycles. The highest BCUT2D eigenvalue weighted by molar-refractivity contribution is 8.23. The number of allylic oxidation sites excluding steroid dienone is 3. The Labute approximate surface area is 120 Å². The molecule has 1 aromatic rings. The summed E-state index contributed by atoms with van der Waals surface area (Å²) in [6.07, 6.45) is 9.56. The van der Waals surface area contributed by atoms with Crippen molar-refractivity contribution < 1.29 is 0 Å². The van der Waals surface area contributed by atoms with Gasteiger partial charge in [-0.05, 0) is 29.7 Å². The second kappa shape index (κ2) is 4.84. The van der Waals surface area contributed by atoms with Crippen LogP contribution in [0.5, 0.6) is 0 Å². The summed E-state index contributed by atoms with van der Waals surface area (Å²) in [4.78, 5) is 2.57. The lowest BCUT2D eigenvalue weighted by molar-refractivity contribution is 1.16. The maximum Gasteiger partial charge on any atom is 0.0621 e. The van der Waals surface area contributed by atoms with Crippen LogP contribution >= 0.6 is 48.8 Å². The molecule has 0 aromatic heterocycles. The number of fused-ring (bicyclic) bond motifs is 2. The van der Waals surface area contributed by atoms with Gasteiger partial charge in [-0.2, -0.15) is 0 Å². The van der Waals surface area contributed by atoms with Gasteiger partial charge in [-0.15, -0.1) is 25.3 Å². The predicted octanol–water partition coefficient (Wildman–Crippen LogP) is 5.00. The summed E-state index contributed by atoms with van der Waals surface area (Å²) in [5.74, 6) is 0. The minimum atomic E-state index is 0.988. The van der Waals surface area contributed by atoms with Gasteiger partial charge in [0.15, 0.2) is 0 Å². The van der Waals surface area contributed by atoms with E-state index in [2.05, 4.69) is 61.7 Å². The highest BCUT2D eigenvalue weighted by Crippen LogP contribution is 2.50. The normalized spacial score (nSPS) is 17.8. The summed E-state index contributed by atoms with van der Waals surface area (Å²) >= 11 is 12.3. The van der Waals surface area contributed by atoms with E-state index in [0.717, 1.165) is 14.9 Å². The van der Waals surface area contributed by atoms with Gasteiger partial charge < -0.3 is 0 Å². The lowest BCUT2D eigenvalue weighted by Crippen LogP contribution is -1.93. The van der Waals surface area contributed by atoms with E-state index in [0.29, 0.717) is 0 Å². The van der Waals surface area contributed by atoms with Crippen molar-refractivity contribution in [1.82, 2.24) is 0 Å². The van der Waals surface area contributed by atoms with Crippen molar-refractivity contribution in [3.63, 3.8) is 0 Å². The molecule has 86 valence electrons. The van der Waals surface area contributed by atoms with Gasteiger partial charge in [0.25, 0.3) is 0 Å². The molecule has 0 saturated heterocycles. The lowest BCUT2D eigenvalue weighted by Gasteiger charge is -2.18. The van der Waals surface area contributed by atoms with E-state index in [9.17, 15) is 0 Å². The van der Waals surface area contributed by atoms with Crippen LogP contribution in [0.15, 0.2) is 48.6 Å². The Bertz CT molecular complexity index is 567. The molecular formula is C13H10S4. The van der Waals surface area contributed by atoms with Crippen LogP contribution in [0.4, 0.5) is 0 Å². The molecule has 1 aliphatic heterocycles. The van der Waals surface area contributed by atoms with Gasteiger partial charge in [-0.3, -0.25) is 0 Å². The molecule has 4 heteroatoms. The first kappa shape index (κ1) is 11.9. The molecule has 0 atom stereocenters. The van der Waals surface area contributed by atoms with Gasteiger partial charge in [-0.1, -0.05) is 47.8 Å². The molecule has 0 saturated carbocycles. The average Bonchev–Trinajstić information content (AvgIpc) is 2.53. The summed E-state index contributed by atoms with van der Waals surface area (Å²) in [5, 5.41) is 0. The van der Waals surface area contributed by atoms with Gasteiger partial charge >= 0.3 is 0 Å².